The number of hydrogen-bond acceptors (Lipinski definition) is 4. The summed E-state index contributed by atoms with van der Waals surface area (Å²) >= 11 is 0. The molecule has 0 unspecified atom stereocenters. The van der Waals surface area contributed by atoms with Crippen molar-refractivity contribution < 1.29 is 9.13 Å². The average Bonchev–Trinajstić information content (AvgIpc) is 3.56. The van der Waals surface area contributed by atoms with Crippen molar-refractivity contribution in [3.8, 4) is 39.4 Å². The minimum absolute atomic E-state index is 0.356. The number of nitrogens with zero attached hydrogens (tertiary/aromatic N) is 3. The smallest absolute Gasteiger partial charge is 0.138 e. The maximum Gasteiger partial charge on any atom is 0.138 e. The van der Waals surface area contributed by atoms with Crippen molar-refractivity contribution >= 4 is 21.9 Å². The standard InChI is InChI=1S/C24H17FN6O/c1-32-17-7-14(6-16(25)9-17)18-4-5-26-24-19(18)10-22(29-24)23-20-8-13(15-11-27-28-12-15)2-3-21(20)30-31-23/h2-12H,1H3,(H,26,29)(H,27,28)(H,30,31). The van der Waals surface area contributed by atoms with Gasteiger partial charge in [0.25, 0.3) is 0 Å². The van der Waals surface area contributed by atoms with Crippen molar-refractivity contribution in [1.29, 1.82) is 0 Å². The van der Waals surface area contributed by atoms with Crippen molar-refractivity contribution in [1.82, 2.24) is 30.4 Å². The van der Waals surface area contributed by atoms with Gasteiger partial charge in [-0.1, -0.05) is 6.07 Å². The van der Waals surface area contributed by atoms with Crippen LogP contribution in [-0.4, -0.2) is 37.5 Å². The molecule has 0 saturated heterocycles. The maximum absolute atomic E-state index is 14.1. The summed E-state index contributed by atoms with van der Waals surface area (Å²) in [5.41, 5.74) is 6.83. The van der Waals surface area contributed by atoms with Crippen LogP contribution in [-0.2, 0) is 0 Å². The Kier molecular flexibility index (Phi) is 4.04. The van der Waals surface area contributed by atoms with E-state index in [2.05, 4.69) is 36.4 Å². The normalized spacial score (nSPS) is 11.4. The SMILES string of the molecule is COc1cc(F)cc(-c2ccnc3[nH]c(-c4n[nH]c5ccc(-c6cn[nH]c6)cc45)cc23)c1. The Labute approximate surface area is 181 Å². The second kappa shape index (κ2) is 7.05. The summed E-state index contributed by atoms with van der Waals surface area (Å²) in [6.07, 6.45) is 5.34. The van der Waals surface area contributed by atoms with Gasteiger partial charge < -0.3 is 9.72 Å². The van der Waals surface area contributed by atoms with Crippen LogP contribution in [0.25, 0.3) is 55.6 Å². The van der Waals surface area contributed by atoms with Crippen LogP contribution < -0.4 is 4.74 Å². The Morgan fingerprint density at radius 2 is 1.88 bits per heavy atom. The van der Waals surface area contributed by atoms with E-state index < -0.39 is 0 Å². The van der Waals surface area contributed by atoms with Crippen molar-refractivity contribution in [2.45, 2.75) is 0 Å². The number of fused-ring (bicyclic) bond motifs is 2. The number of benzene rings is 2. The molecule has 0 atom stereocenters. The van der Waals surface area contributed by atoms with Gasteiger partial charge in [0.05, 0.1) is 24.5 Å². The van der Waals surface area contributed by atoms with E-state index in [1.807, 2.05) is 36.5 Å². The number of rotatable bonds is 4. The van der Waals surface area contributed by atoms with Crippen LogP contribution >= 0.6 is 0 Å². The predicted octanol–water partition coefficient (Wildman–Crippen LogP) is 5.31. The Bertz CT molecular complexity index is 1580. The van der Waals surface area contributed by atoms with E-state index in [1.54, 1.807) is 12.4 Å². The van der Waals surface area contributed by atoms with Gasteiger partial charge in [-0.05, 0) is 53.1 Å². The molecule has 0 amide bonds. The second-order valence-electron chi connectivity index (χ2n) is 7.50. The van der Waals surface area contributed by atoms with Crippen molar-refractivity contribution in [2.24, 2.45) is 0 Å². The van der Waals surface area contributed by atoms with Gasteiger partial charge in [-0.3, -0.25) is 10.2 Å². The van der Waals surface area contributed by atoms with E-state index >= 15 is 0 Å². The molecule has 2 aromatic carbocycles. The Morgan fingerprint density at radius 3 is 2.72 bits per heavy atom. The monoisotopic (exact) mass is 424 g/mol. The van der Waals surface area contributed by atoms with E-state index in [1.165, 1.54) is 19.2 Å². The molecule has 0 aliphatic carbocycles. The zero-order chi connectivity index (χ0) is 21.7. The van der Waals surface area contributed by atoms with Gasteiger partial charge >= 0.3 is 0 Å². The fraction of sp³-hybridized carbons (Fsp3) is 0.0417. The van der Waals surface area contributed by atoms with Crippen molar-refractivity contribution in [3.05, 3.63) is 72.9 Å². The number of nitrogens with one attached hydrogen (secondary N) is 3. The number of methoxy groups -OCH3 is 1. The van der Waals surface area contributed by atoms with Crippen LogP contribution in [0, 0.1) is 5.82 Å². The molecule has 32 heavy (non-hydrogen) atoms. The minimum atomic E-state index is -0.356. The summed E-state index contributed by atoms with van der Waals surface area (Å²) in [6, 6.07) is 14.6. The highest BCUT2D eigenvalue weighted by molar-refractivity contribution is 6.00. The molecule has 0 fully saturated rings. The second-order valence-corrected chi connectivity index (χ2v) is 7.50. The predicted molar refractivity (Wildman–Crippen MR) is 121 cm³/mol. The molecule has 156 valence electrons. The third-order valence-corrected chi connectivity index (χ3v) is 5.60. The highest BCUT2D eigenvalue weighted by Crippen LogP contribution is 2.35. The Morgan fingerprint density at radius 1 is 0.938 bits per heavy atom. The molecule has 0 radical (unpaired) electrons. The molecule has 8 heteroatoms. The fourth-order valence-corrected chi connectivity index (χ4v) is 4.05. The first-order valence-electron chi connectivity index (χ1n) is 10.00. The molecular formula is C24H17FN6O. The summed E-state index contributed by atoms with van der Waals surface area (Å²) in [7, 11) is 1.52. The lowest BCUT2D eigenvalue weighted by atomic mass is 10.0. The van der Waals surface area contributed by atoms with Gasteiger partial charge in [0.1, 0.15) is 22.9 Å². The van der Waals surface area contributed by atoms with E-state index in [0.717, 1.165) is 44.4 Å². The van der Waals surface area contributed by atoms with E-state index in [0.29, 0.717) is 17.0 Å². The molecule has 0 aliphatic rings. The van der Waals surface area contributed by atoms with Crippen LogP contribution in [0.5, 0.6) is 5.75 Å². The quantitative estimate of drug-likeness (QED) is 0.357. The fourth-order valence-electron chi connectivity index (χ4n) is 4.05. The lowest BCUT2D eigenvalue weighted by Crippen LogP contribution is -1.88. The number of pyridine rings is 1. The third-order valence-electron chi connectivity index (χ3n) is 5.60. The van der Waals surface area contributed by atoms with Gasteiger partial charge in [0.2, 0.25) is 0 Å². The topological polar surface area (TPSA) is 95.3 Å². The first-order valence-corrected chi connectivity index (χ1v) is 10.00. The molecular weight excluding hydrogens is 407 g/mol. The molecule has 3 N–H and O–H groups in total. The summed E-state index contributed by atoms with van der Waals surface area (Å²) < 4.78 is 19.4. The average molecular weight is 424 g/mol. The Balaban J connectivity index is 1.51. The lowest BCUT2D eigenvalue weighted by Gasteiger charge is -2.06. The Hall–Kier alpha value is -4.46. The van der Waals surface area contributed by atoms with Crippen LogP contribution in [0.4, 0.5) is 4.39 Å². The molecule has 7 nitrogen and oxygen atoms in total. The number of ether oxygens (including phenoxy) is 1. The molecule has 4 heterocycles. The molecule has 4 aromatic heterocycles. The molecule has 0 spiro atoms. The number of hydrogen-bond donors (Lipinski definition) is 3. The molecule has 6 aromatic rings. The van der Waals surface area contributed by atoms with Crippen LogP contribution in [0.3, 0.4) is 0 Å². The maximum atomic E-state index is 14.1. The zero-order valence-electron chi connectivity index (χ0n) is 17.0. The highest BCUT2D eigenvalue weighted by atomic mass is 19.1. The number of aromatic nitrogens is 6. The number of H-pyrrole nitrogens is 3. The van der Waals surface area contributed by atoms with Crippen LogP contribution in [0.2, 0.25) is 0 Å². The largest absolute Gasteiger partial charge is 0.497 e. The van der Waals surface area contributed by atoms with Gasteiger partial charge in [0.15, 0.2) is 0 Å². The third kappa shape index (κ3) is 2.92. The lowest BCUT2D eigenvalue weighted by molar-refractivity contribution is 0.411. The van der Waals surface area contributed by atoms with Gasteiger partial charge in [-0.25, -0.2) is 9.37 Å². The molecule has 0 aliphatic heterocycles. The zero-order valence-corrected chi connectivity index (χ0v) is 17.0. The van der Waals surface area contributed by atoms with Crippen molar-refractivity contribution in [2.75, 3.05) is 7.11 Å². The molecule has 6 rings (SSSR count). The summed E-state index contributed by atoms with van der Waals surface area (Å²) in [5, 5.41) is 16.4. The number of aromatic amines is 3. The van der Waals surface area contributed by atoms with Crippen LogP contribution in [0.15, 0.2) is 67.1 Å². The van der Waals surface area contributed by atoms with E-state index in [4.69, 9.17) is 4.74 Å². The first kappa shape index (κ1) is 18.3. The minimum Gasteiger partial charge on any atom is -0.497 e. The van der Waals surface area contributed by atoms with Gasteiger partial charge in [-0.15, -0.1) is 0 Å². The van der Waals surface area contributed by atoms with Gasteiger partial charge in [-0.2, -0.15) is 10.2 Å². The highest BCUT2D eigenvalue weighted by Gasteiger charge is 2.15. The van der Waals surface area contributed by atoms with Gasteiger partial charge in [0, 0.05) is 34.8 Å². The number of halogens is 1. The summed E-state index contributed by atoms with van der Waals surface area (Å²) in [5.74, 6) is 0.107. The first-order chi connectivity index (χ1) is 15.7. The van der Waals surface area contributed by atoms with Crippen molar-refractivity contribution in [3.63, 3.8) is 0 Å². The molecule has 0 saturated carbocycles. The summed E-state index contributed by atoms with van der Waals surface area (Å²) in [4.78, 5) is 7.83. The van der Waals surface area contributed by atoms with Crippen LogP contribution in [0.1, 0.15) is 0 Å². The molecule has 0 bridgehead atoms. The summed E-state index contributed by atoms with van der Waals surface area (Å²) in [6.45, 7) is 0. The van der Waals surface area contributed by atoms with E-state index in [9.17, 15) is 4.39 Å². The van der Waals surface area contributed by atoms with E-state index in [-0.39, 0.29) is 5.82 Å².